The monoisotopic (exact) mass is 543 g/mol. The molecule has 0 atom stereocenters. The topological polar surface area (TPSA) is 60.0 Å². The highest BCUT2D eigenvalue weighted by atomic mass is 127. The highest BCUT2D eigenvalue weighted by molar-refractivity contribution is 14.0. The number of aliphatic imine (C=N–C) groups is 1. The lowest BCUT2D eigenvalue weighted by atomic mass is 10.2. The van der Waals surface area contributed by atoms with Gasteiger partial charge in [-0.25, -0.2) is 8.78 Å². The van der Waals surface area contributed by atoms with Crippen LogP contribution in [0.2, 0.25) is 0 Å². The van der Waals surface area contributed by atoms with E-state index in [1.807, 2.05) is 11.0 Å². The second-order valence-corrected chi connectivity index (χ2v) is 7.08. The summed E-state index contributed by atoms with van der Waals surface area (Å²) in [5.41, 5.74) is 1.78. The second-order valence-electron chi connectivity index (χ2n) is 7.08. The van der Waals surface area contributed by atoms with Gasteiger partial charge in [-0.2, -0.15) is 0 Å². The largest absolute Gasteiger partial charge is 0.368 e. The molecule has 0 aliphatic carbocycles. The van der Waals surface area contributed by atoms with Crippen LogP contribution in [0.25, 0.3) is 0 Å². The van der Waals surface area contributed by atoms with Gasteiger partial charge in [0.05, 0.1) is 0 Å². The number of benzene rings is 2. The summed E-state index contributed by atoms with van der Waals surface area (Å²) in [7, 11) is 1.65. The number of rotatable bonds is 6. The molecule has 1 fully saturated rings. The molecule has 9 heteroatoms. The first-order chi connectivity index (χ1) is 14.5. The molecule has 0 radical (unpaired) electrons. The van der Waals surface area contributed by atoms with Gasteiger partial charge in [-0.05, 0) is 42.0 Å². The van der Waals surface area contributed by atoms with Crippen molar-refractivity contribution in [2.24, 2.45) is 4.99 Å². The number of carbonyl (C=O) groups excluding carboxylic acids is 1. The van der Waals surface area contributed by atoms with Crippen molar-refractivity contribution in [2.45, 2.75) is 13.0 Å². The minimum Gasteiger partial charge on any atom is -0.368 e. The third-order valence-corrected chi connectivity index (χ3v) is 5.03. The molecule has 0 saturated carbocycles. The number of hydrogen-bond acceptors (Lipinski definition) is 3. The van der Waals surface area contributed by atoms with Crippen LogP contribution in [0.5, 0.6) is 0 Å². The molecule has 6 nitrogen and oxygen atoms in total. The Kier molecular flexibility index (Phi) is 9.96. The minimum absolute atomic E-state index is 0. The van der Waals surface area contributed by atoms with E-state index in [9.17, 15) is 13.6 Å². The van der Waals surface area contributed by atoms with Crippen LogP contribution >= 0.6 is 24.0 Å². The van der Waals surface area contributed by atoms with Crippen molar-refractivity contribution in [2.75, 3.05) is 44.7 Å². The third-order valence-electron chi connectivity index (χ3n) is 5.03. The maximum atomic E-state index is 13.2. The molecule has 0 spiro atoms. The number of nitrogens with one attached hydrogen (secondary N) is 2. The van der Waals surface area contributed by atoms with E-state index >= 15 is 0 Å². The predicted molar refractivity (Wildman–Crippen MR) is 130 cm³/mol. The Morgan fingerprint density at radius 3 is 2.35 bits per heavy atom. The first kappa shape index (κ1) is 24.8. The third kappa shape index (κ3) is 7.64. The predicted octanol–water partition coefficient (Wildman–Crippen LogP) is 2.99. The molecular formula is C22H28F2IN5O. The lowest BCUT2D eigenvalue weighted by Gasteiger charge is -2.36. The summed E-state index contributed by atoms with van der Waals surface area (Å²) < 4.78 is 26.3. The maximum absolute atomic E-state index is 13.2. The van der Waals surface area contributed by atoms with Crippen molar-refractivity contribution in [3.63, 3.8) is 0 Å². The van der Waals surface area contributed by atoms with Gasteiger partial charge in [0.25, 0.3) is 0 Å². The van der Waals surface area contributed by atoms with E-state index in [0.29, 0.717) is 38.6 Å². The van der Waals surface area contributed by atoms with Gasteiger partial charge >= 0.3 is 0 Å². The summed E-state index contributed by atoms with van der Waals surface area (Å²) in [5, 5.41) is 6.22. The van der Waals surface area contributed by atoms with E-state index in [2.05, 4.69) is 20.5 Å². The molecule has 3 rings (SSSR count). The van der Waals surface area contributed by atoms with Crippen LogP contribution in [-0.2, 0) is 11.3 Å². The molecule has 1 aliphatic heterocycles. The number of amides is 1. The number of halogens is 3. The summed E-state index contributed by atoms with van der Waals surface area (Å²) in [5.74, 6) is 0.123. The zero-order chi connectivity index (χ0) is 21.3. The summed E-state index contributed by atoms with van der Waals surface area (Å²) in [6, 6.07) is 12.8. The van der Waals surface area contributed by atoms with Crippen LogP contribution < -0.4 is 15.5 Å². The van der Waals surface area contributed by atoms with E-state index in [-0.39, 0.29) is 41.5 Å². The number of carbonyl (C=O) groups is 1. The van der Waals surface area contributed by atoms with Gasteiger partial charge in [-0.15, -0.1) is 24.0 Å². The molecular weight excluding hydrogens is 515 g/mol. The molecule has 0 bridgehead atoms. The molecule has 1 aliphatic rings. The highest BCUT2D eigenvalue weighted by Gasteiger charge is 2.21. The van der Waals surface area contributed by atoms with Gasteiger partial charge in [0.2, 0.25) is 5.91 Å². The molecule has 1 amide bonds. The average molecular weight is 543 g/mol. The highest BCUT2D eigenvalue weighted by Crippen LogP contribution is 2.17. The molecule has 2 aromatic carbocycles. The van der Waals surface area contributed by atoms with Crippen LogP contribution in [0.15, 0.2) is 53.5 Å². The van der Waals surface area contributed by atoms with Crippen molar-refractivity contribution in [1.82, 2.24) is 15.5 Å². The zero-order valence-electron chi connectivity index (χ0n) is 17.5. The lowest BCUT2D eigenvalue weighted by Crippen LogP contribution is -2.49. The van der Waals surface area contributed by atoms with Gasteiger partial charge in [0.1, 0.15) is 11.6 Å². The summed E-state index contributed by atoms with van der Waals surface area (Å²) in [4.78, 5) is 20.6. The molecule has 1 heterocycles. The Morgan fingerprint density at radius 2 is 1.71 bits per heavy atom. The first-order valence-electron chi connectivity index (χ1n) is 10.0. The number of anilines is 1. The van der Waals surface area contributed by atoms with E-state index in [0.717, 1.165) is 24.3 Å². The molecule has 168 valence electrons. The molecule has 2 aromatic rings. The van der Waals surface area contributed by atoms with Crippen LogP contribution in [0.4, 0.5) is 14.5 Å². The minimum atomic E-state index is -0.276. The Balaban J connectivity index is 0.00000341. The molecule has 2 N–H and O–H groups in total. The smallest absolute Gasteiger partial charge is 0.224 e. The normalized spacial score (nSPS) is 14.1. The van der Waals surface area contributed by atoms with E-state index in [1.165, 1.54) is 24.3 Å². The zero-order valence-corrected chi connectivity index (χ0v) is 19.8. The summed E-state index contributed by atoms with van der Waals surface area (Å²) in [6.07, 6.45) is 0.358. The van der Waals surface area contributed by atoms with Crippen LogP contribution in [-0.4, -0.2) is 56.5 Å². The SMILES string of the molecule is CN=C(NCCC(=O)N1CCN(c2ccc(F)cc2)CC1)NCc1cccc(F)c1.I. The average Bonchev–Trinajstić information content (AvgIpc) is 2.76. The van der Waals surface area contributed by atoms with Gasteiger partial charge in [-0.1, -0.05) is 12.1 Å². The maximum Gasteiger partial charge on any atom is 0.224 e. The van der Waals surface area contributed by atoms with Crippen molar-refractivity contribution >= 4 is 41.5 Å². The summed E-state index contributed by atoms with van der Waals surface area (Å²) in [6.45, 7) is 3.63. The van der Waals surface area contributed by atoms with Gasteiger partial charge < -0.3 is 20.4 Å². The fourth-order valence-corrected chi connectivity index (χ4v) is 3.37. The molecule has 1 saturated heterocycles. The quantitative estimate of drug-likeness (QED) is 0.334. The molecule has 0 aromatic heterocycles. The lowest BCUT2D eigenvalue weighted by molar-refractivity contribution is -0.131. The Hall–Kier alpha value is -2.43. The van der Waals surface area contributed by atoms with Crippen molar-refractivity contribution in [1.29, 1.82) is 0 Å². The number of guanidine groups is 1. The van der Waals surface area contributed by atoms with Crippen molar-refractivity contribution < 1.29 is 13.6 Å². The van der Waals surface area contributed by atoms with Crippen molar-refractivity contribution in [3.05, 3.63) is 65.7 Å². The fourth-order valence-electron chi connectivity index (χ4n) is 3.37. The molecule has 31 heavy (non-hydrogen) atoms. The number of hydrogen-bond donors (Lipinski definition) is 2. The van der Waals surface area contributed by atoms with E-state index in [4.69, 9.17) is 0 Å². The van der Waals surface area contributed by atoms with Crippen LogP contribution in [0, 0.1) is 11.6 Å². The van der Waals surface area contributed by atoms with Crippen LogP contribution in [0.1, 0.15) is 12.0 Å². The van der Waals surface area contributed by atoms with E-state index < -0.39 is 0 Å². The molecule has 0 unspecified atom stereocenters. The van der Waals surface area contributed by atoms with Crippen molar-refractivity contribution in [3.8, 4) is 0 Å². The second kappa shape index (κ2) is 12.4. The van der Waals surface area contributed by atoms with Gasteiger partial charge in [0.15, 0.2) is 5.96 Å². The van der Waals surface area contributed by atoms with E-state index in [1.54, 1.807) is 25.2 Å². The fraction of sp³-hybridized carbons (Fsp3) is 0.364. The van der Waals surface area contributed by atoms with Gasteiger partial charge in [-0.3, -0.25) is 9.79 Å². The van der Waals surface area contributed by atoms with Crippen LogP contribution in [0.3, 0.4) is 0 Å². The first-order valence-corrected chi connectivity index (χ1v) is 10.0. The Morgan fingerprint density at radius 1 is 1.00 bits per heavy atom. The summed E-state index contributed by atoms with van der Waals surface area (Å²) >= 11 is 0. The Labute approximate surface area is 198 Å². The Bertz CT molecular complexity index is 870. The number of nitrogens with zero attached hydrogens (tertiary/aromatic N) is 3. The standard InChI is InChI=1S/C22H27F2N5O.HI/c1-25-22(27-16-17-3-2-4-19(24)15-17)26-10-9-21(30)29-13-11-28(12-14-29)20-7-5-18(23)6-8-20;/h2-8,15H,9-14,16H2,1H3,(H2,25,26,27);1H. The number of piperazine rings is 1. The van der Waals surface area contributed by atoms with Gasteiger partial charge in [0, 0.05) is 58.4 Å².